The Bertz CT molecular complexity index is 952. The van der Waals surface area contributed by atoms with E-state index >= 15 is 0 Å². The van der Waals surface area contributed by atoms with Gasteiger partial charge in [0.25, 0.3) is 0 Å². The summed E-state index contributed by atoms with van der Waals surface area (Å²) in [7, 11) is 1.66. The van der Waals surface area contributed by atoms with E-state index in [1.54, 1.807) is 7.11 Å². The van der Waals surface area contributed by atoms with E-state index < -0.39 is 0 Å². The van der Waals surface area contributed by atoms with E-state index in [1.807, 2.05) is 47.4 Å². The molecule has 31 heavy (non-hydrogen) atoms. The quantitative estimate of drug-likeness (QED) is 0.714. The van der Waals surface area contributed by atoms with Gasteiger partial charge in [-0.2, -0.15) is 0 Å². The highest BCUT2D eigenvalue weighted by atomic mass is 16.5. The molecule has 1 aliphatic carbocycles. The number of para-hydroxylation sites is 1. The Morgan fingerprint density at radius 3 is 2.65 bits per heavy atom. The molecule has 0 radical (unpaired) electrons. The molecule has 1 atom stereocenters. The van der Waals surface area contributed by atoms with Crippen LogP contribution in [0.2, 0.25) is 0 Å². The van der Waals surface area contributed by atoms with Gasteiger partial charge in [-0.05, 0) is 55.0 Å². The lowest BCUT2D eigenvalue weighted by molar-refractivity contribution is -0.128. The molecule has 4 rings (SSSR count). The van der Waals surface area contributed by atoms with Crippen LogP contribution < -0.4 is 14.8 Å². The molecule has 2 aliphatic rings. The molecule has 1 unspecified atom stereocenters. The molecule has 164 valence electrons. The molecule has 1 aliphatic heterocycles. The molecule has 6 heteroatoms. The average Bonchev–Trinajstić information content (AvgIpc) is 3.39. The number of carbonyl (C=O) groups excluding carboxylic acids is 2. The first-order valence-electron chi connectivity index (χ1n) is 11.0. The van der Waals surface area contributed by atoms with Crippen LogP contribution in [-0.2, 0) is 16.1 Å². The third-order valence-electron chi connectivity index (χ3n) is 6.16. The summed E-state index contributed by atoms with van der Waals surface area (Å²) in [6.07, 6.45) is 5.29. The van der Waals surface area contributed by atoms with Crippen molar-refractivity contribution in [3.8, 4) is 11.5 Å². The lowest BCUT2D eigenvalue weighted by Crippen LogP contribution is -2.25. The fourth-order valence-electron chi connectivity index (χ4n) is 4.55. The Kier molecular flexibility index (Phi) is 6.44. The number of hydrogen-bond acceptors (Lipinski definition) is 4. The van der Waals surface area contributed by atoms with Crippen molar-refractivity contribution in [1.82, 2.24) is 4.90 Å². The van der Waals surface area contributed by atoms with Gasteiger partial charge in [-0.3, -0.25) is 9.59 Å². The molecule has 1 saturated carbocycles. The zero-order chi connectivity index (χ0) is 21.8. The molecule has 1 heterocycles. The molecule has 2 amide bonds. The zero-order valence-corrected chi connectivity index (χ0v) is 18.2. The second-order valence-electron chi connectivity index (χ2n) is 8.45. The summed E-state index contributed by atoms with van der Waals surface area (Å²) < 4.78 is 11.7. The lowest BCUT2D eigenvalue weighted by Gasteiger charge is -2.20. The van der Waals surface area contributed by atoms with Crippen molar-refractivity contribution in [3.63, 3.8) is 0 Å². The maximum atomic E-state index is 12.8. The molecular formula is C25H30N2O4. The predicted octanol–water partition coefficient (Wildman–Crippen LogP) is 4.49. The number of likely N-dealkylation sites (tertiary alicyclic amines) is 1. The van der Waals surface area contributed by atoms with Crippen molar-refractivity contribution in [2.75, 3.05) is 19.0 Å². The van der Waals surface area contributed by atoms with Gasteiger partial charge in [0, 0.05) is 38.0 Å². The number of anilines is 1. The highest BCUT2D eigenvalue weighted by molar-refractivity contribution is 5.89. The molecule has 0 spiro atoms. The van der Waals surface area contributed by atoms with Gasteiger partial charge in [-0.1, -0.05) is 24.3 Å². The minimum atomic E-state index is -0.119. The molecule has 2 aromatic carbocycles. The zero-order valence-electron chi connectivity index (χ0n) is 18.2. The maximum Gasteiger partial charge on any atom is 0.223 e. The normalized spacial score (nSPS) is 19.0. The topological polar surface area (TPSA) is 67.9 Å². The van der Waals surface area contributed by atoms with E-state index in [0.29, 0.717) is 19.5 Å². The fourth-order valence-corrected chi connectivity index (χ4v) is 4.55. The molecule has 1 N–H and O–H groups in total. The van der Waals surface area contributed by atoms with Crippen molar-refractivity contribution in [1.29, 1.82) is 0 Å². The number of benzene rings is 2. The van der Waals surface area contributed by atoms with Gasteiger partial charge in [0.15, 0.2) is 11.5 Å². The van der Waals surface area contributed by atoms with Crippen LogP contribution in [0.5, 0.6) is 11.5 Å². The van der Waals surface area contributed by atoms with Crippen LogP contribution in [0.3, 0.4) is 0 Å². The highest BCUT2D eigenvalue weighted by Crippen LogP contribution is 2.37. The molecule has 2 aromatic rings. The Morgan fingerprint density at radius 2 is 1.90 bits per heavy atom. The number of rotatable bonds is 7. The number of hydrogen-bond donors (Lipinski definition) is 1. The van der Waals surface area contributed by atoms with E-state index in [-0.39, 0.29) is 23.8 Å². The third-order valence-corrected chi connectivity index (χ3v) is 6.16. The smallest absolute Gasteiger partial charge is 0.223 e. The van der Waals surface area contributed by atoms with Crippen molar-refractivity contribution >= 4 is 17.5 Å². The number of carbonyl (C=O) groups is 2. The first-order valence-corrected chi connectivity index (χ1v) is 11.0. The average molecular weight is 423 g/mol. The monoisotopic (exact) mass is 422 g/mol. The molecule has 0 aromatic heterocycles. The van der Waals surface area contributed by atoms with E-state index in [4.69, 9.17) is 9.47 Å². The van der Waals surface area contributed by atoms with E-state index in [2.05, 4.69) is 5.32 Å². The molecule has 0 bridgehead atoms. The van der Waals surface area contributed by atoms with E-state index in [0.717, 1.165) is 41.2 Å². The van der Waals surface area contributed by atoms with Crippen molar-refractivity contribution in [3.05, 3.63) is 53.6 Å². The molecule has 6 nitrogen and oxygen atoms in total. The van der Waals surface area contributed by atoms with Crippen LogP contribution in [0.25, 0.3) is 0 Å². The predicted molar refractivity (Wildman–Crippen MR) is 119 cm³/mol. The first kappa shape index (κ1) is 21.2. The van der Waals surface area contributed by atoms with E-state index in [9.17, 15) is 9.59 Å². The number of nitrogens with zero attached hydrogens (tertiary/aromatic N) is 1. The van der Waals surface area contributed by atoms with Crippen molar-refractivity contribution < 1.29 is 19.1 Å². The van der Waals surface area contributed by atoms with Gasteiger partial charge in [-0.15, -0.1) is 0 Å². The van der Waals surface area contributed by atoms with Crippen LogP contribution in [0.15, 0.2) is 42.5 Å². The fraction of sp³-hybridized carbons (Fsp3) is 0.440. The first-order chi connectivity index (χ1) is 15.0. The number of amides is 2. The largest absolute Gasteiger partial charge is 0.493 e. The van der Waals surface area contributed by atoms with Crippen molar-refractivity contribution in [2.45, 2.75) is 57.6 Å². The SMILES string of the molecule is COc1ccc(C2CC(=O)N(Cc3ccccc3NC(C)=O)C2)cc1OC1CCCC1. The number of nitrogens with one attached hydrogen (secondary N) is 1. The third kappa shape index (κ3) is 5.01. The van der Waals surface area contributed by atoms with E-state index in [1.165, 1.54) is 19.8 Å². The molecule has 2 fully saturated rings. The number of ether oxygens (including phenoxy) is 2. The minimum Gasteiger partial charge on any atom is -0.493 e. The van der Waals surface area contributed by atoms with Gasteiger partial charge in [-0.25, -0.2) is 0 Å². The van der Waals surface area contributed by atoms with Gasteiger partial charge in [0.2, 0.25) is 11.8 Å². The Labute approximate surface area is 183 Å². The van der Waals surface area contributed by atoms with Crippen LogP contribution in [-0.4, -0.2) is 36.5 Å². The second kappa shape index (κ2) is 9.41. The Hall–Kier alpha value is -3.02. The number of methoxy groups -OCH3 is 1. The summed E-state index contributed by atoms with van der Waals surface area (Å²) in [5.41, 5.74) is 2.79. The van der Waals surface area contributed by atoms with Gasteiger partial charge >= 0.3 is 0 Å². The maximum absolute atomic E-state index is 12.8. The summed E-state index contributed by atoms with van der Waals surface area (Å²) in [5.74, 6) is 1.62. The standard InChI is InChI=1S/C25H30N2O4/c1-17(28)26-22-10-6-3-7-19(22)15-27-16-20(14-25(27)29)18-11-12-23(30-2)24(13-18)31-21-8-4-5-9-21/h3,6-7,10-13,20-21H,4-5,8-9,14-16H2,1-2H3,(H,26,28). The van der Waals surface area contributed by atoms with Gasteiger partial charge < -0.3 is 19.7 Å². The van der Waals surface area contributed by atoms with Crippen LogP contribution in [0.4, 0.5) is 5.69 Å². The van der Waals surface area contributed by atoms with Gasteiger partial charge in [0.1, 0.15) is 0 Å². The lowest BCUT2D eigenvalue weighted by atomic mass is 9.98. The van der Waals surface area contributed by atoms with Crippen LogP contribution in [0, 0.1) is 0 Å². The van der Waals surface area contributed by atoms with Crippen LogP contribution in [0.1, 0.15) is 56.1 Å². The summed E-state index contributed by atoms with van der Waals surface area (Å²) in [6.45, 7) is 2.61. The second-order valence-corrected chi connectivity index (χ2v) is 8.45. The Morgan fingerprint density at radius 1 is 1.13 bits per heavy atom. The van der Waals surface area contributed by atoms with Crippen molar-refractivity contribution in [2.24, 2.45) is 0 Å². The Balaban J connectivity index is 1.48. The summed E-state index contributed by atoms with van der Waals surface area (Å²) >= 11 is 0. The van der Waals surface area contributed by atoms with Gasteiger partial charge in [0.05, 0.1) is 13.2 Å². The van der Waals surface area contributed by atoms with Crippen LogP contribution >= 0.6 is 0 Å². The minimum absolute atomic E-state index is 0.109. The summed E-state index contributed by atoms with van der Waals surface area (Å²) in [6, 6.07) is 13.6. The summed E-state index contributed by atoms with van der Waals surface area (Å²) in [4.78, 5) is 26.1. The molecular weight excluding hydrogens is 392 g/mol. The summed E-state index contributed by atoms with van der Waals surface area (Å²) in [5, 5.41) is 2.85. The highest BCUT2D eigenvalue weighted by Gasteiger charge is 2.32. The molecule has 1 saturated heterocycles.